The van der Waals surface area contributed by atoms with E-state index in [1.807, 2.05) is 11.4 Å². The predicted octanol–water partition coefficient (Wildman–Crippen LogP) is 0.714. The molecule has 4 heteroatoms. The summed E-state index contributed by atoms with van der Waals surface area (Å²) in [6.07, 6.45) is 4.53. The Labute approximate surface area is 114 Å². The molecule has 0 saturated carbocycles. The number of rotatable bonds is 7. The topological polar surface area (TPSA) is 54.9 Å². The van der Waals surface area contributed by atoms with E-state index >= 15 is 0 Å². The van der Waals surface area contributed by atoms with Crippen molar-refractivity contribution in [1.29, 1.82) is 0 Å². The van der Waals surface area contributed by atoms with E-state index in [4.69, 9.17) is 4.74 Å². The third-order valence-electron chi connectivity index (χ3n) is 3.47. The fraction of sp³-hybridized carbons (Fsp3) is 0.533. The summed E-state index contributed by atoms with van der Waals surface area (Å²) in [5.41, 5.74) is 3.75. The predicted molar refractivity (Wildman–Crippen MR) is 75.2 cm³/mol. The largest absolute Gasteiger partial charge is 0.384 e. The monoisotopic (exact) mass is 263 g/mol. The normalized spacial score (nSPS) is 13.3. The third kappa shape index (κ3) is 4.33. The number of nitrogens with one attached hydrogen (secondary N) is 1. The molecule has 19 heavy (non-hydrogen) atoms. The van der Waals surface area contributed by atoms with E-state index in [-0.39, 0.29) is 5.91 Å². The van der Waals surface area contributed by atoms with Gasteiger partial charge in [0.15, 0.2) is 6.54 Å². The van der Waals surface area contributed by atoms with Crippen molar-refractivity contribution in [2.75, 3.05) is 32.1 Å². The maximum Gasteiger partial charge on any atom is 0.279 e. The Bertz CT molecular complexity index is 432. The molecule has 0 heterocycles. The van der Waals surface area contributed by atoms with Gasteiger partial charge in [-0.05, 0) is 42.5 Å². The van der Waals surface area contributed by atoms with Crippen molar-refractivity contribution in [2.24, 2.45) is 0 Å². The number of amides is 1. The van der Waals surface area contributed by atoms with Crippen molar-refractivity contribution in [1.82, 2.24) is 0 Å². The van der Waals surface area contributed by atoms with Gasteiger partial charge in [0, 0.05) is 19.2 Å². The average molecular weight is 263 g/mol. The molecule has 3 N–H and O–H groups in total. The molecule has 0 aromatic heterocycles. The van der Waals surface area contributed by atoms with Crippen LogP contribution < -0.4 is 10.6 Å². The number of aryl methyl sites for hydroxylation is 2. The van der Waals surface area contributed by atoms with Crippen LogP contribution in [0.25, 0.3) is 0 Å². The van der Waals surface area contributed by atoms with Crippen LogP contribution in [0.4, 0.5) is 5.69 Å². The lowest BCUT2D eigenvalue weighted by Crippen LogP contribution is -2.86. The van der Waals surface area contributed by atoms with E-state index in [2.05, 4.69) is 17.4 Å². The van der Waals surface area contributed by atoms with Crippen LogP contribution >= 0.6 is 0 Å². The van der Waals surface area contributed by atoms with Gasteiger partial charge < -0.3 is 15.4 Å². The number of ether oxygens (including phenoxy) is 1. The highest BCUT2D eigenvalue weighted by Gasteiger charge is 2.12. The van der Waals surface area contributed by atoms with Crippen LogP contribution in [0.1, 0.15) is 24.0 Å². The van der Waals surface area contributed by atoms with Crippen LogP contribution in [0.2, 0.25) is 0 Å². The molecule has 1 aromatic rings. The first-order valence-electron chi connectivity index (χ1n) is 7.02. The minimum Gasteiger partial charge on any atom is -0.384 e. The Hall–Kier alpha value is -1.39. The Morgan fingerprint density at radius 1 is 1.37 bits per heavy atom. The number of anilines is 1. The Morgan fingerprint density at radius 3 is 3.05 bits per heavy atom. The molecule has 2 rings (SSSR count). The molecule has 0 saturated heterocycles. The van der Waals surface area contributed by atoms with Crippen LogP contribution in [-0.4, -0.2) is 32.7 Å². The minimum absolute atomic E-state index is 0.0652. The Kier molecular flexibility index (Phi) is 5.36. The summed E-state index contributed by atoms with van der Waals surface area (Å²) in [5.74, 6) is 0.0652. The molecule has 4 nitrogen and oxygen atoms in total. The molecule has 1 amide bonds. The molecule has 0 unspecified atom stereocenters. The van der Waals surface area contributed by atoms with E-state index in [0.717, 1.165) is 31.7 Å². The fourth-order valence-electron chi connectivity index (χ4n) is 2.47. The molecule has 0 bridgehead atoms. The molecule has 0 atom stereocenters. The molecule has 104 valence electrons. The first kappa shape index (κ1) is 14.0. The molecule has 0 fully saturated rings. The zero-order valence-electron chi connectivity index (χ0n) is 11.6. The second-order valence-corrected chi connectivity index (χ2v) is 5.01. The molecule has 1 aromatic carbocycles. The van der Waals surface area contributed by atoms with Crippen molar-refractivity contribution >= 4 is 11.6 Å². The lowest BCUT2D eigenvalue weighted by Gasteiger charge is -2.07. The second kappa shape index (κ2) is 7.26. The number of quaternary nitrogens is 1. The van der Waals surface area contributed by atoms with Gasteiger partial charge in [0.05, 0.1) is 13.2 Å². The minimum atomic E-state index is 0.0652. The number of carbonyl (C=O) groups is 1. The maximum absolute atomic E-state index is 11.8. The number of carbonyl (C=O) groups excluding carboxylic acids is 1. The van der Waals surface area contributed by atoms with Gasteiger partial charge in [-0.15, -0.1) is 0 Å². The lowest BCUT2D eigenvalue weighted by molar-refractivity contribution is -0.644. The van der Waals surface area contributed by atoms with Crippen LogP contribution in [0.3, 0.4) is 0 Å². The molecular weight excluding hydrogens is 240 g/mol. The zero-order valence-corrected chi connectivity index (χ0v) is 11.6. The van der Waals surface area contributed by atoms with Crippen molar-refractivity contribution in [3.05, 3.63) is 29.3 Å². The van der Waals surface area contributed by atoms with E-state index in [0.29, 0.717) is 6.54 Å². The van der Waals surface area contributed by atoms with Crippen molar-refractivity contribution in [3.8, 4) is 0 Å². The van der Waals surface area contributed by atoms with Gasteiger partial charge in [0.1, 0.15) is 0 Å². The van der Waals surface area contributed by atoms with Gasteiger partial charge in [-0.25, -0.2) is 0 Å². The molecule has 0 spiro atoms. The van der Waals surface area contributed by atoms with E-state index < -0.39 is 0 Å². The van der Waals surface area contributed by atoms with Crippen LogP contribution in [0, 0.1) is 0 Å². The van der Waals surface area contributed by atoms with Crippen molar-refractivity contribution in [3.63, 3.8) is 0 Å². The molecule has 0 aliphatic heterocycles. The van der Waals surface area contributed by atoms with Gasteiger partial charge in [0.2, 0.25) is 0 Å². The lowest BCUT2D eigenvalue weighted by atomic mass is 10.1. The smallest absolute Gasteiger partial charge is 0.279 e. The van der Waals surface area contributed by atoms with E-state index in [9.17, 15) is 4.79 Å². The average Bonchev–Trinajstić information content (AvgIpc) is 2.86. The highest BCUT2D eigenvalue weighted by molar-refractivity contribution is 5.91. The summed E-state index contributed by atoms with van der Waals surface area (Å²) in [7, 11) is 1.69. The van der Waals surface area contributed by atoms with Crippen molar-refractivity contribution < 1.29 is 14.8 Å². The molecular formula is C15H23N2O2+. The number of methoxy groups -OCH3 is 1. The third-order valence-corrected chi connectivity index (χ3v) is 3.47. The summed E-state index contributed by atoms with van der Waals surface area (Å²) in [6.45, 7) is 2.15. The van der Waals surface area contributed by atoms with Crippen LogP contribution in [-0.2, 0) is 22.4 Å². The van der Waals surface area contributed by atoms with E-state index in [1.165, 1.54) is 24.0 Å². The SMILES string of the molecule is COCCC[NH2+]CC(=O)Nc1ccc2c(c1)CCC2. The van der Waals surface area contributed by atoms with Crippen LogP contribution in [0.15, 0.2) is 18.2 Å². The van der Waals surface area contributed by atoms with Gasteiger partial charge in [-0.3, -0.25) is 4.79 Å². The zero-order chi connectivity index (χ0) is 13.5. The van der Waals surface area contributed by atoms with Gasteiger partial charge >= 0.3 is 0 Å². The highest BCUT2D eigenvalue weighted by Crippen LogP contribution is 2.24. The molecule has 1 aliphatic carbocycles. The molecule has 0 radical (unpaired) electrons. The summed E-state index contributed by atoms with van der Waals surface area (Å²) in [4.78, 5) is 11.8. The van der Waals surface area contributed by atoms with Crippen molar-refractivity contribution in [2.45, 2.75) is 25.7 Å². The summed E-state index contributed by atoms with van der Waals surface area (Å²) in [5, 5.41) is 4.98. The highest BCUT2D eigenvalue weighted by atomic mass is 16.5. The first-order valence-corrected chi connectivity index (χ1v) is 7.02. The number of hydrogen-bond donors (Lipinski definition) is 2. The van der Waals surface area contributed by atoms with E-state index in [1.54, 1.807) is 7.11 Å². The van der Waals surface area contributed by atoms with Crippen LogP contribution in [0.5, 0.6) is 0 Å². The number of nitrogens with two attached hydrogens (primary N) is 1. The molecule has 1 aliphatic rings. The number of benzene rings is 1. The summed E-state index contributed by atoms with van der Waals surface area (Å²) in [6, 6.07) is 6.26. The quantitative estimate of drug-likeness (QED) is 0.712. The fourth-order valence-corrected chi connectivity index (χ4v) is 2.47. The summed E-state index contributed by atoms with van der Waals surface area (Å²) < 4.78 is 4.97. The standard InChI is InChI=1S/C15H22N2O2/c1-19-9-3-8-16-11-15(18)17-14-7-6-12-4-2-5-13(12)10-14/h6-7,10,16H,2-5,8-9,11H2,1H3,(H,17,18)/p+1. The first-order chi connectivity index (χ1) is 9.29. The Morgan fingerprint density at radius 2 is 2.21 bits per heavy atom. The van der Waals surface area contributed by atoms with Gasteiger partial charge in [0.25, 0.3) is 5.91 Å². The number of hydrogen-bond acceptors (Lipinski definition) is 2. The Balaban J connectivity index is 1.73. The van der Waals surface area contributed by atoms with Gasteiger partial charge in [-0.1, -0.05) is 6.07 Å². The van der Waals surface area contributed by atoms with Gasteiger partial charge in [-0.2, -0.15) is 0 Å². The summed E-state index contributed by atoms with van der Waals surface area (Å²) >= 11 is 0. The maximum atomic E-state index is 11.8. The second-order valence-electron chi connectivity index (χ2n) is 5.01. The number of fused-ring (bicyclic) bond motifs is 1.